The van der Waals surface area contributed by atoms with Gasteiger partial charge in [0.1, 0.15) is 5.82 Å². The second-order valence-corrected chi connectivity index (χ2v) is 5.78. The Hall–Kier alpha value is -2.35. The van der Waals surface area contributed by atoms with E-state index in [4.69, 9.17) is 0 Å². The van der Waals surface area contributed by atoms with Crippen molar-refractivity contribution < 1.29 is 0 Å². The number of nitrogens with zero attached hydrogens (tertiary/aromatic N) is 2. The Balaban J connectivity index is 1.66. The van der Waals surface area contributed by atoms with Crippen molar-refractivity contribution in [1.29, 1.82) is 0 Å². The molecule has 1 atom stereocenters. The first-order valence-electron chi connectivity index (χ1n) is 7.49. The van der Waals surface area contributed by atoms with Crippen molar-refractivity contribution in [2.75, 3.05) is 0 Å². The fourth-order valence-corrected chi connectivity index (χ4v) is 3.26. The summed E-state index contributed by atoms with van der Waals surface area (Å²) in [7, 11) is 0. The monoisotopic (exact) mass is 274 g/mol. The number of rotatable bonds is 2. The zero-order valence-electron chi connectivity index (χ0n) is 12.2. The van der Waals surface area contributed by atoms with E-state index in [0.717, 1.165) is 24.3 Å². The maximum Gasteiger partial charge on any atom is 0.106 e. The molecule has 3 aromatic rings. The van der Waals surface area contributed by atoms with Crippen LogP contribution in [0.5, 0.6) is 0 Å². The van der Waals surface area contributed by atoms with Crippen LogP contribution in [-0.2, 0) is 13.0 Å². The van der Waals surface area contributed by atoms with Crippen LogP contribution in [0.1, 0.15) is 17.0 Å². The fraction of sp³-hybridized carbons (Fsp3) is 0.211. The lowest BCUT2D eigenvalue weighted by Gasteiger charge is -2.20. The first-order valence-corrected chi connectivity index (χ1v) is 7.49. The van der Waals surface area contributed by atoms with Gasteiger partial charge in [-0.2, -0.15) is 0 Å². The van der Waals surface area contributed by atoms with Crippen molar-refractivity contribution in [2.24, 2.45) is 5.92 Å². The number of imidazole rings is 1. The Morgan fingerprint density at radius 2 is 1.90 bits per heavy atom. The van der Waals surface area contributed by atoms with Crippen LogP contribution in [0, 0.1) is 12.8 Å². The summed E-state index contributed by atoms with van der Waals surface area (Å²) in [4.78, 5) is 4.66. The van der Waals surface area contributed by atoms with Gasteiger partial charge in [-0.3, -0.25) is 0 Å². The Labute approximate surface area is 124 Å². The zero-order valence-corrected chi connectivity index (χ0v) is 12.2. The number of allylic oxidation sites excluding steroid dienone is 1. The van der Waals surface area contributed by atoms with Crippen LogP contribution >= 0.6 is 0 Å². The lowest BCUT2D eigenvalue weighted by Crippen LogP contribution is -2.15. The Morgan fingerprint density at radius 3 is 2.86 bits per heavy atom. The summed E-state index contributed by atoms with van der Waals surface area (Å²) in [6.07, 6.45) is 5.72. The van der Waals surface area contributed by atoms with E-state index in [1.54, 1.807) is 0 Å². The molecule has 1 aromatic heterocycles. The molecular formula is C19H18N2. The normalized spacial score (nSPS) is 17.1. The Kier molecular flexibility index (Phi) is 2.88. The standard InChI is InChI=1S/C19H18N2/c1-14-20-18-8-4-5-9-19(18)21(14)13-15-10-11-16-6-2-3-7-17(16)12-15/h2-11,15H,12-13H2,1H3. The highest BCUT2D eigenvalue weighted by atomic mass is 15.1. The van der Waals surface area contributed by atoms with Gasteiger partial charge in [0.05, 0.1) is 11.0 Å². The number of benzene rings is 2. The average molecular weight is 274 g/mol. The number of aromatic nitrogens is 2. The fourth-order valence-electron chi connectivity index (χ4n) is 3.26. The van der Waals surface area contributed by atoms with Crippen molar-refractivity contribution in [3.05, 3.63) is 71.6 Å². The maximum absolute atomic E-state index is 4.66. The highest BCUT2D eigenvalue weighted by Crippen LogP contribution is 2.25. The summed E-state index contributed by atoms with van der Waals surface area (Å²) in [6.45, 7) is 3.09. The molecule has 2 nitrogen and oxygen atoms in total. The first-order chi connectivity index (χ1) is 10.3. The lowest BCUT2D eigenvalue weighted by atomic mass is 9.89. The van der Waals surface area contributed by atoms with Gasteiger partial charge in [0, 0.05) is 6.54 Å². The summed E-state index contributed by atoms with van der Waals surface area (Å²) in [5.41, 5.74) is 5.14. The van der Waals surface area contributed by atoms with Crippen molar-refractivity contribution in [2.45, 2.75) is 19.9 Å². The van der Waals surface area contributed by atoms with E-state index in [1.165, 1.54) is 16.6 Å². The third-order valence-electron chi connectivity index (χ3n) is 4.35. The largest absolute Gasteiger partial charge is 0.328 e. The molecule has 0 fully saturated rings. The first kappa shape index (κ1) is 12.4. The summed E-state index contributed by atoms with van der Waals surface area (Å²) in [5, 5.41) is 0. The van der Waals surface area contributed by atoms with Crippen molar-refractivity contribution in [3.8, 4) is 0 Å². The highest BCUT2D eigenvalue weighted by molar-refractivity contribution is 5.75. The Morgan fingerprint density at radius 1 is 1.10 bits per heavy atom. The van der Waals surface area contributed by atoms with Crippen LogP contribution in [0.15, 0.2) is 54.6 Å². The minimum Gasteiger partial charge on any atom is -0.328 e. The molecule has 4 rings (SSSR count). The molecule has 0 N–H and O–H groups in total. The lowest BCUT2D eigenvalue weighted by molar-refractivity contribution is 0.525. The van der Waals surface area contributed by atoms with Crippen LogP contribution < -0.4 is 0 Å². The molecule has 1 heterocycles. The summed E-state index contributed by atoms with van der Waals surface area (Å²) in [5.74, 6) is 1.64. The summed E-state index contributed by atoms with van der Waals surface area (Å²) < 4.78 is 2.35. The topological polar surface area (TPSA) is 17.8 Å². The van der Waals surface area contributed by atoms with Crippen LogP contribution in [0.25, 0.3) is 17.1 Å². The molecule has 0 radical (unpaired) electrons. The molecule has 104 valence electrons. The zero-order chi connectivity index (χ0) is 14.2. The predicted octanol–water partition coefficient (Wildman–Crippen LogP) is 4.23. The average Bonchev–Trinajstić information content (AvgIpc) is 2.83. The van der Waals surface area contributed by atoms with Gasteiger partial charge in [-0.25, -0.2) is 4.98 Å². The molecule has 1 aliphatic rings. The van der Waals surface area contributed by atoms with Gasteiger partial charge in [0.25, 0.3) is 0 Å². The summed E-state index contributed by atoms with van der Waals surface area (Å²) in [6, 6.07) is 17.1. The number of para-hydroxylation sites is 2. The third-order valence-corrected chi connectivity index (χ3v) is 4.35. The van der Waals surface area contributed by atoms with E-state index in [0.29, 0.717) is 5.92 Å². The molecule has 0 saturated heterocycles. The Bertz CT molecular complexity index is 826. The minimum atomic E-state index is 0.538. The smallest absolute Gasteiger partial charge is 0.106 e. The SMILES string of the molecule is Cc1nc2ccccc2n1CC1C=Cc2ccccc2C1. The molecule has 0 saturated carbocycles. The van der Waals surface area contributed by atoms with Gasteiger partial charge in [0.2, 0.25) is 0 Å². The van der Waals surface area contributed by atoms with E-state index < -0.39 is 0 Å². The number of aryl methyl sites for hydroxylation is 1. The minimum absolute atomic E-state index is 0.538. The number of hydrogen-bond donors (Lipinski definition) is 0. The van der Waals surface area contributed by atoms with Crippen LogP contribution in [0.3, 0.4) is 0 Å². The molecule has 0 aliphatic heterocycles. The third kappa shape index (κ3) is 2.17. The van der Waals surface area contributed by atoms with Gasteiger partial charge < -0.3 is 4.57 Å². The van der Waals surface area contributed by atoms with E-state index in [1.807, 2.05) is 0 Å². The van der Waals surface area contributed by atoms with Crippen molar-refractivity contribution in [1.82, 2.24) is 9.55 Å². The van der Waals surface area contributed by atoms with Crippen LogP contribution in [0.4, 0.5) is 0 Å². The molecule has 0 bridgehead atoms. The molecule has 1 unspecified atom stereocenters. The van der Waals surface area contributed by atoms with Gasteiger partial charge in [-0.05, 0) is 42.5 Å². The van der Waals surface area contributed by atoms with Gasteiger partial charge in [0.15, 0.2) is 0 Å². The molecule has 2 aromatic carbocycles. The highest BCUT2D eigenvalue weighted by Gasteiger charge is 2.16. The maximum atomic E-state index is 4.66. The molecule has 0 amide bonds. The molecule has 0 spiro atoms. The number of fused-ring (bicyclic) bond motifs is 2. The molecular weight excluding hydrogens is 256 g/mol. The molecule has 2 heteroatoms. The second kappa shape index (κ2) is 4.88. The van der Waals surface area contributed by atoms with Crippen LogP contribution in [-0.4, -0.2) is 9.55 Å². The van der Waals surface area contributed by atoms with E-state index in [-0.39, 0.29) is 0 Å². The summed E-state index contributed by atoms with van der Waals surface area (Å²) >= 11 is 0. The van der Waals surface area contributed by atoms with Gasteiger partial charge in [-0.15, -0.1) is 0 Å². The van der Waals surface area contributed by atoms with Gasteiger partial charge in [-0.1, -0.05) is 48.6 Å². The van der Waals surface area contributed by atoms with Crippen LogP contribution in [0.2, 0.25) is 0 Å². The van der Waals surface area contributed by atoms with E-state index in [2.05, 4.69) is 77.2 Å². The quantitative estimate of drug-likeness (QED) is 0.683. The van der Waals surface area contributed by atoms with Crippen molar-refractivity contribution >= 4 is 17.1 Å². The van der Waals surface area contributed by atoms with E-state index in [9.17, 15) is 0 Å². The molecule has 1 aliphatic carbocycles. The predicted molar refractivity (Wildman–Crippen MR) is 87.1 cm³/mol. The molecule has 21 heavy (non-hydrogen) atoms. The second-order valence-electron chi connectivity index (χ2n) is 5.78. The van der Waals surface area contributed by atoms with Crippen molar-refractivity contribution in [3.63, 3.8) is 0 Å². The van der Waals surface area contributed by atoms with Gasteiger partial charge >= 0.3 is 0 Å². The number of hydrogen-bond acceptors (Lipinski definition) is 1. The van der Waals surface area contributed by atoms with E-state index >= 15 is 0 Å².